The summed E-state index contributed by atoms with van der Waals surface area (Å²) in [7, 11) is 0. The summed E-state index contributed by atoms with van der Waals surface area (Å²) in [6.45, 7) is 9.15. The van der Waals surface area contributed by atoms with Crippen molar-refractivity contribution in [3.05, 3.63) is 109 Å². The average molecular weight is 537 g/mol. The zero-order valence-corrected chi connectivity index (χ0v) is 22.8. The van der Waals surface area contributed by atoms with E-state index in [1.807, 2.05) is 36.4 Å². The third-order valence-electron chi connectivity index (χ3n) is 6.60. The lowest BCUT2D eigenvalue weighted by Gasteiger charge is -2.13. The van der Waals surface area contributed by atoms with Crippen LogP contribution in [0.25, 0.3) is 21.5 Å². The van der Waals surface area contributed by atoms with Crippen LogP contribution < -0.4 is 20.1 Å². The largest absolute Gasteiger partial charge is 0.490 e. The van der Waals surface area contributed by atoms with E-state index in [1.165, 1.54) is 0 Å². The Morgan fingerprint density at radius 3 is 1.52 bits per heavy atom. The molecule has 2 amide bonds. The van der Waals surface area contributed by atoms with E-state index >= 15 is 0 Å². The van der Waals surface area contributed by atoms with Gasteiger partial charge in [0.1, 0.15) is 24.7 Å². The van der Waals surface area contributed by atoms with E-state index in [2.05, 4.69) is 60.2 Å². The molecule has 4 aromatic rings. The Hall–Kier alpha value is -4.58. The van der Waals surface area contributed by atoms with Crippen LogP contribution in [0.1, 0.15) is 24.0 Å². The molecule has 0 aliphatic carbocycles. The molecule has 0 aromatic heterocycles. The normalized spacial score (nSPS) is 10.7. The van der Waals surface area contributed by atoms with Crippen molar-refractivity contribution in [1.29, 1.82) is 0 Å². The van der Waals surface area contributed by atoms with Gasteiger partial charge in [-0.15, -0.1) is 13.2 Å². The molecule has 0 radical (unpaired) electrons. The van der Waals surface area contributed by atoms with E-state index in [4.69, 9.17) is 9.47 Å². The fourth-order valence-electron chi connectivity index (χ4n) is 4.65. The first kappa shape index (κ1) is 28.4. The van der Waals surface area contributed by atoms with Gasteiger partial charge in [-0.1, -0.05) is 60.7 Å². The number of amides is 2. The van der Waals surface area contributed by atoms with Crippen molar-refractivity contribution >= 4 is 33.4 Å². The van der Waals surface area contributed by atoms with E-state index < -0.39 is 0 Å². The van der Waals surface area contributed by atoms with Crippen LogP contribution in [-0.4, -0.2) is 38.1 Å². The number of ether oxygens (including phenoxy) is 2. The highest BCUT2D eigenvalue weighted by Gasteiger charge is 2.07. The highest BCUT2D eigenvalue weighted by Crippen LogP contribution is 2.26. The Balaban J connectivity index is 1.33. The van der Waals surface area contributed by atoms with Crippen molar-refractivity contribution in [1.82, 2.24) is 10.6 Å². The quantitative estimate of drug-likeness (QED) is 0.146. The molecule has 4 rings (SSSR count). The standard InChI is InChI=1S/C34H36N2O4/c1-3-7-33(37)35-19-17-27-11-5-9-25-13-15-29(23-31(25)27)39-21-22-40-30-16-14-26-10-6-12-28(32(26)24-30)18-20-36-34(38)8-4-2/h3-6,9-16,23-24H,1-2,7-8,17-22H2,(H,35,37)(H,36,38). The summed E-state index contributed by atoms with van der Waals surface area (Å²) >= 11 is 0. The van der Waals surface area contributed by atoms with Crippen LogP contribution in [-0.2, 0) is 22.4 Å². The van der Waals surface area contributed by atoms with Crippen LogP contribution in [0.3, 0.4) is 0 Å². The van der Waals surface area contributed by atoms with Crippen LogP contribution in [0.15, 0.2) is 98.1 Å². The zero-order chi connectivity index (χ0) is 28.2. The summed E-state index contributed by atoms with van der Waals surface area (Å²) in [4.78, 5) is 23.5. The van der Waals surface area contributed by atoms with Crippen LogP contribution in [0.4, 0.5) is 0 Å². The van der Waals surface area contributed by atoms with Crippen LogP contribution in [0, 0.1) is 0 Å². The molecule has 2 N–H and O–H groups in total. The van der Waals surface area contributed by atoms with Crippen molar-refractivity contribution in [2.24, 2.45) is 0 Å². The minimum atomic E-state index is -0.0188. The van der Waals surface area contributed by atoms with Gasteiger partial charge in [0.25, 0.3) is 0 Å². The van der Waals surface area contributed by atoms with Gasteiger partial charge in [0.15, 0.2) is 0 Å². The minimum Gasteiger partial charge on any atom is -0.490 e. The maximum atomic E-state index is 11.7. The van der Waals surface area contributed by atoms with Crippen LogP contribution in [0.2, 0.25) is 0 Å². The van der Waals surface area contributed by atoms with Crippen molar-refractivity contribution in [3.63, 3.8) is 0 Å². The molecule has 0 saturated carbocycles. The molecule has 0 heterocycles. The summed E-state index contributed by atoms with van der Waals surface area (Å²) in [5, 5.41) is 10.3. The Labute approximate surface area is 235 Å². The van der Waals surface area contributed by atoms with E-state index in [1.54, 1.807) is 12.2 Å². The molecule has 0 atom stereocenters. The maximum Gasteiger partial charge on any atom is 0.223 e. The fraction of sp³-hybridized carbons (Fsp3) is 0.235. The van der Waals surface area contributed by atoms with Crippen LogP contribution >= 0.6 is 0 Å². The molecule has 6 nitrogen and oxygen atoms in total. The predicted molar refractivity (Wildman–Crippen MR) is 162 cm³/mol. The van der Waals surface area contributed by atoms with Gasteiger partial charge in [-0.2, -0.15) is 0 Å². The lowest BCUT2D eigenvalue weighted by molar-refractivity contribution is -0.121. The molecule has 206 valence electrons. The number of fused-ring (bicyclic) bond motifs is 2. The second-order valence-electron chi connectivity index (χ2n) is 9.48. The monoisotopic (exact) mass is 536 g/mol. The van der Waals surface area contributed by atoms with Gasteiger partial charge in [-0.3, -0.25) is 9.59 Å². The van der Waals surface area contributed by atoms with Crippen molar-refractivity contribution < 1.29 is 19.1 Å². The molecule has 6 heteroatoms. The van der Waals surface area contributed by atoms with E-state index in [9.17, 15) is 9.59 Å². The SMILES string of the molecule is C=CCC(=O)NCCc1cccc2ccc(OCCOc3ccc4cccc(CCNC(=O)CC=C)c4c3)cc12. The Morgan fingerprint density at radius 2 is 1.10 bits per heavy atom. The summed E-state index contributed by atoms with van der Waals surface area (Å²) < 4.78 is 12.0. The van der Waals surface area contributed by atoms with Gasteiger partial charge < -0.3 is 20.1 Å². The smallest absolute Gasteiger partial charge is 0.223 e. The second-order valence-corrected chi connectivity index (χ2v) is 9.48. The van der Waals surface area contributed by atoms with Gasteiger partial charge in [0.2, 0.25) is 11.8 Å². The van der Waals surface area contributed by atoms with Crippen molar-refractivity contribution in [2.75, 3.05) is 26.3 Å². The molecule has 4 aromatic carbocycles. The molecular formula is C34H36N2O4. The summed E-state index contributed by atoms with van der Waals surface area (Å²) in [5.41, 5.74) is 2.32. The first-order valence-electron chi connectivity index (χ1n) is 13.6. The molecule has 40 heavy (non-hydrogen) atoms. The predicted octanol–water partition coefficient (Wildman–Crippen LogP) is 5.92. The first-order chi connectivity index (χ1) is 19.6. The number of rotatable bonds is 15. The highest BCUT2D eigenvalue weighted by molar-refractivity contribution is 5.88. The van der Waals surface area contributed by atoms with Crippen LogP contribution in [0.5, 0.6) is 11.5 Å². The number of carbonyl (C=O) groups is 2. The minimum absolute atomic E-state index is 0.0188. The molecule has 0 spiro atoms. The lowest BCUT2D eigenvalue weighted by atomic mass is 10.0. The summed E-state index contributed by atoms with van der Waals surface area (Å²) in [6.07, 6.45) is 5.33. The van der Waals surface area contributed by atoms with Gasteiger partial charge in [0, 0.05) is 25.9 Å². The number of nitrogens with one attached hydrogen (secondary N) is 2. The molecule has 0 aliphatic heterocycles. The summed E-state index contributed by atoms with van der Waals surface area (Å²) in [5.74, 6) is 1.52. The third kappa shape index (κ3) is 7.96. The Morgan fingerprint density at radius 1 is 0.650 bits per heavy atom. The Bertz CT molecular complexity index is 1380. The fourth-order valence-corrected chi connectivity index (χ4v) is 4.65. The number of benzene rings is 4. The van der Waals surface area contributed by atoms with Crippen molar-refractivity contribution in [2.45, 2.75) is 25.7 Å². The maximum absolute atomic E-state index is 11.7. The molecule has 0 fully saturated rings. The van der Waals surface area contributed by atoms with Gasteiger partial charge in [0.05, 0.1) is 0 Å². The van der Waals surface area contributed by atoms with E-state index in [0.29, 0.717) is 39.1 Å². The first-order valence-corrected chi connectivity index (χ1v) is 13.6. The van der Waals surface area contributed by atoms with Gasteiger partial charge >= 0.3 is 0 Å². The average Bonchev–Trinajstić information content (AvgIpc) is 2.96. The molecule has 0 aliphatic rings. The van der Waals surface area contributed by atoms with Gasteiger partial charge in [-0.05, 0) is 69.8 Å². The number of hydrogen-bond acceptors (Lipinski definition) is 4. The molecular weight excluding hydrogens is 500 g/mol. The topological polar surface area (TPSA) is 76.7 Å². The third-order valence-corrected chi connectivity index (χ3v) is 6.60. The number of hydrogen-bond donors (Lipinski definition) is 2. The highest BCUT2D eigenvalue weighted by atomic mass is 16.5. The van der Waals surface area contributed by atoms with E-state index in [-0.39, 0.29) is 11.8 Å². The summed E-state index contributed by atoms with van der Waals surface area (Å²) in [6, 6.07) is 24.5. The molecule has 0 saturated heterocycles. The van der Waals surface area contributed by atoms with Gasteiger partial charge in [-0.25, -0.2) is 0 Å². The number of carbonyl (C=O) groups excluding carboxylic acids is 2. The van der Waals surface area contributed by atoms with E-state index in [0.717, 1.165) is 57.0 Å². The van der Waals surface area contributed by atoms with Crippen molar-refractivity contribution in [3.8, 4) is 11.5 Å². The molecule has 0 bridgehead atoms. The second kappa shape index (κ2) is 14.5. The lowest BCUT2D eigenvalue weighted by Crippen LogP contribution is -2.24. The zero-order valence-electron chi connectivity index (χ0n) is 22.8. The molecule has 0 unspecified atom stereocenters. The Kier molecular flexibility index (Phi) is 10.3.